The first-order valence-electron chi connectivity index (χ1n) is 12.0. The summed E-state index contributed by atoms with van der Waals surface area (Å²) in [7, 11) is 0. The van der Waals surface area contributed by atoms with Crippen molar-refractivity contribution in [1.82, 2.24) is 0 Å². The Bertz CT molecular complexity index is 1790. The van der Waals surface area contributed by atoms with Gasteiger partial charge in [-0.05, 0) is 24.3 Å². The molecular formula is C24H10N6O16. The number of ether oxygens (including phenoxy) is 4. The molecule has 0 radical (unpaired) electrons. The average Bonchev–Trinajstić information content (AvgIpc) is 2.96. The van der Waals surface area contributed by atoms with Gasteiger partial charge in [-0.2, -0.15) is 0 Å². The molecule has 0 spiro atoms. The number of fused-ring (bicyclic) bond motifs is 8. The highest BCUT2D eigenvalue weighted by Crippen LogP contribution is 2.51. The zero-order valence-electron chi connectivity index (χ0n) is 22.0. The largest absolute Gasteiger partial charge is 0.443 e. The molecule has 1 aliphatic heterocycles. The van der Waals surface area contributed by atoms with E-state index in [4.69, 9.17) is 18.9 Å². The zero-order valence-corrected chi connectivity index (χ0v) is 22.0. The van der Waals surface area contributed by atoms with Crippen LogP contribution in [0.2, 0.25) is 0 Å². The van der Waals surface area contributed by atoms with Gasteiger partial charge in [0.1, 0.15) is 12.1 Å². The molecule has 0 saturated carbocycles. The molecular weight excluding hydrogens is 628 g/mol. The molecule has 0 unspecified atom stereocenters. The van der Waals surface area contributed by atoms with Crippen molar-refractivity contribution >= 4 is 34.1 Å². The number of hydrogen-bond acceptors (Lipinski definition) is 16. The number of hydrogen-bond donors (Lipinski definition) is 0. The van der Waals surface area contributed by atoms with E-state index >= 15 is 0 Å². The fourth-order valence-electron chi connectivity index (χ4n) is 4.14. The Morgan fingerprint density at radius 1 is 0.348 bits per heavy atom. The van der Waals surface area contributed by atoms with Crippen LogP contribution >= 0.6 is 0 Å². The number of nitro benzene ring substituents is 6. The van der Waals surface area contributed by atoms with Gasteiger partial charge in [0, 0.05) is 12.1 Å². The third-order valence-corrected chi connectivity index (χ3v) is 6.04. The van der Waals surface area contributed by atoms with Crippen LogP contribution in [0.15, 0.2) is 60.7 Å². The van der Waals surface area contributed by atoms with Crippen molar-refractivity contribution < 1.29 is 48.5 Å². The van der Waals surface area contributed by atoms with Crippen molar-refractivity contribution in [2.45, 2.75) is 0 Å². The van der Waals surface area contributed by atoms with Crippen molar-refractivity contribution in [3.05, 3.63) is 121 Å². The molecule has 0 saturated heterocycles. The minimum atomic E-state index is -1.12. The molecule has 0 fully saturated rings. The maximum Gasteiger partial charge on any atom is 0.353 e. The Hall–Kier alpha value is -7.52. The molecule has 0 aliphatic carbocycles. The van der Waals surface area contributed by atoms with Gasteiger partial charge in [-0.15, -0.1) is 0 Å². The fourth-order valence-corrected chi connectivity index (χ4v) is 4.14. The van der Waals surface area contributed by atoms with E-state index in [-0.39, 0.29) is 0 Å². The van der Waals surface area contributed by atoms with Gasteiger partial charge in [-0.1, -0.05) is 12.1 Å². The molecule has 5 rings (SSSR count). The van der Waals surface area contributed by atoms with E-state index in [2.05, 4.69) is 0 Å². The summed E-state index contributed by atoms with van der Waals surface area (Å²) in [5.41, 5.74) is -6.43. The van der Waals surface area contributed by atoms with Crippen LogP contribution in [0.4, 0.5) is 34.1 Å². The first-order valence-corrected chi connectivity index (χ1v) is 12.0. The third-order valence-electron chi connectivity index (χ3n) is 6.04. The fraction of sp³-hybridized carbons (Fsp3) is 0. The lowest BCUT2D eigenvalue weighted by Gasteiger charge is -2.15. The van der Waals surface area contributed by atoms with E-state index in [1.807, 2.05) is 0 Å². The molecule has 8 bridgehead atoms. The van der Waals surface area contributed by atoms with Crippen molar-refractivity contribution in [2.24, 2.45) is 0 Å². The Morgan fingerprint density at radius 2 is 0.587 bits per heavy atom. The molecule has 46 heavy (non-hydrogen) atoms. The van der Waals surface area contributed by atoms with Gasteiger partial charge in [0.05, 0.1) is 29.5 Å². The summed E-state index contributed by atoms with van der Waals surface area (Å²) in [6.45, 7) is 0. The summed E-state index contributed by atoms with van der Waals surface area (Å²) in [5, 5.41) is 71.7. The molecule has 0 N–H and O–H groups in total. The summed E-state index contributed by atoms with van der Waals surface area (Å²) in [6, 6.07) is 7.83. The summed E-state index contributed by atoms with van der Waals surface area (Å²) in [6.07, 6.45) is 0. The molecule has 1 aliphatic rings. The Kier molecular flexibility index (Phi) is 7.35. The first-order chi connectivity index (χ1) is 21.8. The van der Waals surface area contributed by atoms with Crippen LogP contribution in [-0.2, 0) is 0 Å². The lowest BCUT2D eigenvalue weighted by Crippen LogP contribution is -2.04. The molecule has 232 valence electrons. The summed E-state index contributed by atoms with van der Waals surface area (Å²) in [5.74, 6) is -6.54. The maximum absolute atomic E-state index is 12.1. The van der Waals surface area contributed by atoms with Gasteiger partial charge in [-0.25, -0.2) is 0 Å². The quantitative estimate of drug-likeness (QED) is 0.139. The van der Waals surface area contributed by atoms with Gasteiger partial charge in [-0.3, -0.25) is 60.7 Å². The van der Waals surface area contributed by atoms with Crippen LogP contribution < -0.4 is 18.9 Å². The zero-order chi connectivity index (χ0) is 33.4. The first kappa shape index (κ1) is 30.0. The molecule has 4 aromatic rings. The van der Waals surface area contributed by atoms with Crippen molar-refractivity contribution in [3.8, 4) is 46.0 Å². The number of para-hydroxylation sites is 2. The van der Waals surface area contributed by atoms with Crippen molar-refractivity contribution in [2.75, 3.05) is 0 Å². The van der Waals surface area contributed by atoms with Crippen LogP contribution in [0.5, 0.6) is 46.0 Å². The van der Waals surface area contributed by atoms with Crippen LogP contribution in [0, 0.1) is 60.7 Å². The number of rotatable bonds is 6. The van der Waals surface area contributed by atoms with E-state index in [1.165, 1.54) is 0 Å². The van der Waals surface area contributed by atoms with Gasteiger partial charge >= 0.3 is 34.1 Å². The highest BCUT2D eigenvalue weighted by molar-refractivity contribution is 5.69. The topological polar surface area (TPSA) is 296 Å². The number of nitrogens with zero attached hydrogens (tertiary/aromatic N) is 6. The molecule has 4 aromatic carbocycles. The standard InChI is InChI=1S/C24H10N6O16/c31-25(32)11-7-13(27(35)36)21-9-19(11)43-15-3-1-4-16(23(15)29(39)40)44-20-10-22(14(28(37)38)8-12(20)26(33)34)46-18-6-2-5-17(45-21)24(18)30(41)42/h1-10H. The highest BCUT2D eigenvalue weighted by atomic mass is 16.7. The average molecular weight is 638 g/mol. The minimum absolute atomic E-state index is 0.379. The predicted molar refractivity (Wildman–Crippen MR) is 146 cm³/mol. The monoisotopic (exact) mass is 638 g/mol. The lowest BCUT2D eigenvalue weighted by atomic mass is 10.2. The maximum atomic E-state index is 12.1. The summed E-state index contributed by atoms with van der Waals surface area (Å²) < 4.78 is 21.8. The van der Waals surface area contributed by atoms with Crippen LogP contribution in [0.3, 0.4) is 0 Å². The molecule has 0 amide bonds. The second kappa shape index (κ2) is 11.3. The Morgan fingerprint density at radius 3 is 0.783 bits per heavy atom. The smallest absolute Gasteiger partial charge is 0.353 e. The summed E-state index contributed by atoms with van der Waals surface area (Å²) >= 11 is 0. The van der Waals surface area contributed by atoms with E-state index in [0.29, 0.717) is 24.3 Å². The van der Waals surface area contributed by atoms with Crippen molar-refractivity contribution in [1.29, 1.82) is 0 Å². The molecule has 0 aromatic heterocycles. The number of benzene rings is 4. The van der Waals surface area contributed by atoms with Gasteiger partial charge < -0.3 is 18.9 Å². The van der Waals surface area contributed by atoms with E-state index in [0.717, 1.165) is 36.4 Å². The van der Waals surface area contributed by atoms with E-state index < -0.39 is 110 Å². The Labute approximate surface area is 250 Å². The Balaban J connectivity index is 1.90. The second-order valence-electron chi connectivity index (χ2n) is 8.73. The van der Waals surface area contributed by atoms with E-state index in [9.17, 15) is 60.7 Å². The number of nitro groups is 6. The summed E-state index contributed by atoms with van der Waals surface area (Å²) in [4.78, 5) is 65.0. The molecule has 1 heterocycles. The SMILES string of the molecule is O=[N+]([O-])c1cc([N+](=O)[O-])c2cc1Oc1cccc(c1[N+](=O)[O-])Oc1cc(c([N+](=O)[O-])cc1[N+](=O)[O-])Oc1cccc(c1[N+](=O)[O-])O2. The minimum Gasteiger partial charge on any atom is -0.443 e. The van der Waals surface area contributed by atoms with Gasteiger partial charge in [0.2, 0.25) is 46.0 Å². The predicted octanol–water partition coefficient (Wildman–Crippen LogP) is 6.62. The van der Waals surface area contributed by atoms with Gasteiger partial charge in [0.25, 0.3) is 0 Å². The third kappa shape index (κ3) is 5.37. The van der Waals surface area contributed by atoms with Crippen molar-refractivity contribution in [3.63, 3.8) is 0 Å². The highest BCUT2D eigenvalue weighted by Gasteiger charge is 2.35. The van der Waals surface area contributed by atoms with Crippen LogP contribution in [0.1, 0.15) is 0 Å². The molecule has 0 atom stereocenters. The van der Waals surface area contributed by atoms with Crippen LogP contribution in [-0.4, -0.2) is 29.5 Å². The molecule has 22 nitrogen and oxygen atoms in total. The molecule has 22 heteroatoms. The van der Waals surface area contributed by atoms with Crippen LogP contribution in [0.25, 0.3) is 0 Å². The lowest BCUT2D eigenvalue weighted by molar-refractivity contribution is -0.395. The van der Waals surface area contributed by atoms with E-state index in [1.54, 1.807) is 0 Å². The van der Waals surface area contributed by atoms with Gasteiger partial charge in [0.15, 0.2) is 0 Å². The normalized spacial score (nSPS) is 11.5. The second-order valence-corrected chi connectivity index (χ2v) is 8.73.